The molecular weight excluding hydrogens is 264 g/mol. The zero-order valence-corrected chi connectivity index (χ0v) is 13.0. The van der Waals surface area contributed by atoms with Gasteiger partial charge in [0.2, 0.25) is 0 Å². The number of carbonyl (C=O) groups is 1. The van der Waals surface area contributed by atoms with Gasteiger partial charge in [0.05, 0.1) is 5.56 Å². The monoisotopic (exact) mass is 290 g/mol. The Hall–Kier alpha value is -1.39. The molecule has 116 valence electrons. The summed E-state index contributed by atoms with van der Waals surface area (Å²) in [4.78, 5) is 13.4. The Labute approximate surface area is 127 Å². The van der Waals surface area contributed by atoms with Gasteiger partial charge >= 0.3 is 5.97 Å². The lowest BCUT2D eigenvalue weighted by atomic mass is 10.0. The number of benzene rings is 1. The predicted molar refractivity (Wildman–Crippen MR) is 84.5 cm³/mol. The van der Waals surface area contributed by atoms with E-state index in [1.807, 2.05) is 12.1 Å². The van der Waals surface area contributed by atoms with Crippen LogP contribution >= 0.6 is 0 Å². The van der Waals surface area contributed by atoms with Crippen molar-refractivity contribution in [3.63, 3.8) is 0 Å². The molecule has 2 rings (SSSR count). The van der Waals surface area contributed by atoms with Crippen LogP contribution in [-0.2, 0) is 6.54 Å². The SMILES string of the molecule is CC(C)C(CNCc1ccc(C(=O)O)cc1)N1CCCC1. The predicted octanol–water partition coefficient (Wildman–Crippen LogP) is 2.59. The Morgan fingerprint density at radius 3 is 2.38 bits per heavy atom. The number of carboxylic acids is 1. The maximum Gasteiger partial charge on any atom is 0.335 e. The Morgan fingerprint density at radius 1 is 1.24 bits per heavy atom. The first-order valence-electron chi connectivity index (χ1n) is 7.85. The molecule has 0 aromatic heterocycles. The number of hydrogen-bond donors (Lipinski definition) is 2. The fourth-order valence-corrected chi connectivity index (χ4v) is 2.99. The smallest absolute Gasteiger partial charge is 0.335 e. The van der Waals surface area contributed by atoms with Crippen molar-refractivity contribution in [3.8, 4) is 0 Å². The quantitative estimate of drug-likeness (QED) is 0.810. The van der Waals surface area contributed by atoms with Crippen molar-refractivity contribution in [1.82, 2.24) is 10.2 Å². The normalized spacial score (nSPS) is 17.3. The fourth-order valence-electron chi connectivity index (χ4n) is 2.99. The minimum absolute atomic E-state index is 0.343. The number of aromatic carboxylic acids is 1. The molecule has 1 aliphatic rings. The van der Waals surface area contributed by atoms with Crippen LogP contribution in [0.3, 0.4) is 0 Å². The zero-order chi connectivity index (χ0) is 15.2. The lowest BCUT2D eigenvalue weighted by Crippen LogP contribution is -2.44. The minimum atomic E-state index is -0.872. The van der Waals surface area contributed by atoms with Crippen molar-refractivity contribution in [3.05, 3.63) is 35.4 Å². The number of rotatable bonds is 7. The maximum absolute atomic E-state index is 10.8. The van der Waals surface area contributed by atoms with Crippen LogP contribution in [0.4, 0.5) is 0 Å². The van der Waals surface area contributed by atoms with Gasteiger partial charge in [-0.15, -0.1) is 0 Å². The molecule has 1 heterocycles. The molecule has 0 spiro atoms. The van der Waals surface area contributed by atoms with E-state index in [0.717, 1.165) is 18.7 Å². The molecule has 0 radical (unpaired) electrons. The molecule has 4 heteroatoms. The summed E-state index contributed by atoms with van der Waals surface area (Å²) in [7, 11) is 0. The second-order valence-corrected chi connectivity index (χ2v) is 6.19. The van der Waals surface area contributed by atoms with Crippen LogP contribution in [0.15, 0.2) is 24.3 Å². The number of likely N-dealkylation sites (tertiary alicyclic amines) is 1. The lowest BCUT2D eigenvalue weighted by molar-refractivity contribution is 0.0697. The van der Waals surface area contributed by atoms with Crippen molar-refractivity contribution in [2.24, 2.45) is 5.92 Å². The van der Waals surface area contributed by atoms with Crippen molar-refractivity contribution in [2.75, 3.05) is 19.6 Å². The Balaban J connectivity index is 1.82. The van der Waals surface area contributed by atoms with Crippen LogP contribution in [0.5, 0.6) is 0 Å². The van der Waals surface area contributed by atoms with Crippen LogP contribution in [0.1, 0.15) is 42.6 Å². The molecule has 21 heavy (non-hydrogen) atoms. The van der Waals surface area contributed by atoms with Crippen LogP contribution in [0, 0.1) is 5.92 Å². The second kappa shape index (κ2) is 7.57. The first kappa shape index (κ1) is 16.0. The van der Waals surface area contributed by atoms with Gasteiger partial charge in [0.15, 0.2) is 0 Å². The van der Waals surface area contributed by atoms with E-state index in [9.17, 15) is 4.79 Å². The number of hydrogen-bond acceptors (Lipinski definition) is 3. The van der Waals surface area contributed by atoms with Crippen molar-refractivity contribution in [2.45, 2.75) is 39.3 Å². The van der Waals surface area contributed by atoms with Gasteiger partial charge in [-0.25, -0.2) is 4.79 Å². The molecule has 0 aliphatic carbocycles. The first-order chi connectivity index (χ1) is 10.1. The van der Waals surface area contributed by atoms with Gasteiger partial charge in [-0.1, -0.05) is 26.0 Å². The minimum Gasteiger partial charge on any atom is -0.478 e. The molecule has 1 saturated heterocycles. The van der Waals surface area contributed by atoms with Gasteiger partial charge in [-0.2, -0.15) is 0 Å². The molecule has 1 atom stereocenters. The van der Waals surface area contributed by atoms with E-state index in [2.05, 4.69) is 24.1 Å². The summed E-state index contributed by atoms with van der Waals surface area (Å²) >= 11 is 0. The molecule has 0 amide bonds. The highest BCUT2D eigenvalue weighted by atomic mass is 16.4. The van der Waals surface area contributed by atoms with Crippen LogP contribution in [-0.4, -0.2) is 41.7 Å². The van der Waals surface area contributed by atoms with Crippen molar-refractivity contribution in [1.29, 1.82) is 0 Å². The highest BCUT2D eigenvalue weighted by Crippen LogP contribution is 2.17. The summed E-state index contributed by atoms with van der Waals surface area (Å²) in [5.74, 6) is -0.228. The van der Waals surface area contributed by atoms with Crippen molar-refractivity contribution >= 4 is 5.97 Å². The Kier molecular flexibility index (Phi) is 5.76. The van der Waals surface area contributed by atoms with E-state index in [1.165, 1.54) is 25.9 Å². The summed E-state index contributed by atoms with van der Waals surface area (Å²) in [5, 5.41) is 12.4. The van der Waals surface area contributed by atoms with Gasteiger partial charge < -0.3 is 10.4 Å². The molecule has 2 N–H and O–H groups in total. The van der Waals surface area contributed by atoms with Gasteiger partial charge in [-0.05, 0) is 49.5 Å². The first-order valence-corrected chi connectivity index (χ1v) is 7.85. The van der Waals surface area contributed by atoms with E-state index in [4.69, 9.17) is 5.11 Å². The zero-order valence-electron chi connectivity index (χ0n) is 13.0. The molecule has 1 unspecified atom stereocenters. The summed E-state index contributed by atoms with van der Waals surface area (Å²) in [6, 6.07) is 7.69. The third-order valence-corrected chi connectivity index (χ3v) is 4.26. The van der Waals surface area contributed by atoms with Crippen LogP contribution in [0.2, 0.25) is 0 Å². The number of carboxylic acid groups (broad SMARTS) is 1. The molecule has 0 bridgehead atoms. The maximum atomic E-state index is 10.8. The van der Waals surface area contributed by atoms with E-state index in [1.54, 1.807) is 12.1 Å². The highest BCUT2D eigenvalue weighted by molar-refractivity contribution is 5.87. The van der Waals surface area contributed by atoms with Crippen LogP contribution in [0.25, 0.3) is 0 Å². The number of nitrogens with zero attached hydrogens (tertiary/aromatic N) is 1. The van der Waals surface area contributed by atoms with E-state index >= 15 is 0 Å². The third kappa shape index (κ3) is 4.55. The average molecular weight is 290 g/mol. The molecule has 1 fully saturated rings. The molecule has 1 aromatic rings. The highest BCUT2D eigenvalue weighted by Gasteiger charge is 2.23. The van der Waals surface area contributed by atoms with E-state index in [0.29, 0.717) is 17.5 Å². The van der Waals surface area contributed by atoms with Gasteiger partial charge in [0.1, 0.15) is 0 Å². The standard InChI is InChI=1S/C17H26N2O2/c1-13(2)16(19-9-3-4-10-19)12-18-11-14-5-7-15(8-6-14)17(20)21/h5-8,13,16,18H,3-4,9-12H2,1-2H3,(H,20,21). The van der Waals surface area contributed by atoms with Gasteiger partial charge in [0.25, 0.3) is 0 Å². The lowest BCUT2D eigenvalue weighted by Gasteiger charge is -2.31. The molecular formula is C17H26N2O2. The molecule has 1 aromatic carbocycles. The number of nitrogens with one attached hydrogen (secondary N) is 1. The fraction of sp³-hybridized carbons (Fsp3) is 0.588. The molecule has 0 saturated carbocycles. The van der Waals surface area contributed by atoms with E-state index < -0.39 is 5.97 Å². The van der Waals surface area contributed by atoms with Gasteiger partial charge in [0, 0.05) is 19.1 Å². The molecule has 4 nitrogen and oxygen atoms in total. The van der Waals surface area contributed by atoms with E-state index in [-0.39, 0.29) is 0 Å². The summed E-state index contributed by atoms with van der Waals surface area (Å²) in [6.45, 7) is 8.78. The average Bonchev–Trinajstić information content (AvgIpc) is 2.97. The second-order valence-electron chi connectivity index (χ2n) is 6.19. The van der Waals surface area contributed by atoms with Crippen molar-refractivity contribution < 1.29 is 9.90 Å². The Bertz CT molecular complexity index is 450. The summed E-state index contributed by atoms with van der Waals surface area (Å²) < 4.78 is 0. The van der Waals surface area contributed by atoms with Crippen LogP contribution < -0.4 is 5.32 Å². The third-order valence-electron chi connectivity index (χ3n) is 4.26. The molecule has 1 aliphatic heterocycles. The van der Waals surface area contributed by atoms with Gasteiger partial charge in [-0.3, -0.25) is 4.90 Å². The topological polar surface area (TPSA) is 52.6 Å². The largest absolute Gasteiger partial charge is 0.478 e. The summed E-state index contributed by atoms with van der Waals surface area (Å²) in [5.41, 5.74) is 1.47. The summed E-state index contributed by atoms with van der Waals surface area (Å²) in [6.07, 6.45) is 2.64. The Morgan fingerprint density at radius 2 is 1.86 bits per heavy atom.